The Morgan fingerprint density at radius 3 is 2.71 bits per heavy atom. The number of halogens is 2. The van der Waals surface area contributed by atoms with Gasteiger partial charge in [0.2, 0.25) is 5.95 Å². The molecule has 2 aromatic rings. The van der Waals surface area contributed by atoms with Gasteiger partial charge in [0.1, 0.15) is 5.65 Å². The van der Waals surface area contributed by atoms with Gasteiger partial charge in [-0.25, -0.2) is 13.8 Å². The molecule has 0 unspecified atom stereocenters. The molecule has 0 atom stereocenters. The van der Waals surface area contributed by atoms with Crippen LogP contribution >= 0.6 is 0 Å². The van der Waals surface area contributed by atoms with Crippen LogP contribution in [0.4, 0.5) is 14.7 Å². The van der Waals surface area contributed by atoms with Crippen LogP contribution in [0.2, 0.25) is 0 Å². The molecule has 3 rings (SSSR count). The van der Waals surface area contributed by atoms with Crippen molar-refractivity contribution in [1.29, 1.82) is 0 Å². The second-order valence-electron chi connectivity index (χ2n) is 5.71. The van der Waals surface area contributed by atoms with Crippen molar-refractivity contribution in [2.45, 2.75) is 44.7 Å². The molecule has 0 amide bonds. The summed E-state index contributed by atoms with van der Waals surface area (Å²) in [6.45, 7) is 3.78. The molecule has 7 heteroatoms. The molecule has 1 fully saturated rings. The zero-order valence-electron chi connectivity index (χ0n) is 11.8. The second-order valence-corrected chi connectivity index (χ2v) is 5.71. The highest BCUT2D eigenvalue weighted by Crippen LogP contribution is 2.38. The summed E-state index contributed by atoms with van der Waals surface area (Å²) in [5, 5.41) is 3.64. The minimum Gasteiger partial charge on any atom is -0.351 e. The average molecular weight is 294 g/mol. The first-order chi connectivity index (χ1) is 9.85. The van der Waals surface area contributed by atoms with Gasteiger partial charge in [-0.05, 0) is 19.9 Å². The lowest BCUT2D eigenvalue weighted by atomic mass is 9.88. The Hall–Kier alpha value is -2.05. The topological polar surface area (TPSA) is 59.8 Å². The van der Waals surface area contributed by atoms with Crippen molar-refractivity contribution in [2.75, 3.05) is 5.32 Å². The Balaban J connectivity index is 1.95. The standard InChI is InChI=1S/C14H16F2N4O/c1-8(2)20-11(21)4-3-9-7-17-13(19-12(9)20)18-10-5-14(15,16)6-10/h3-4,7-8,10H,5-6H2,1-2H3,(H,17,18,19). The number of fused-ring (bicyclic) bond motifs is 1. The quantitative estimate of drug-likeness (QED) is 0.945. The molecule has 1 N–H and O–H groups in total. The van der Waals surface area contributed by atoms with Gasteiger partial charge in [-0.2, -0.15) is 4.98 Å². The lowest BCUT2D eigenvalue weighted by Crippen LogP contribution is -2.44. The molecule has 1 saturated carbocycles. The highest BCUT2D eigenvalue weighted by molar-refractivity contribution is 5.75. The number of hydrogen-bond acceptors (Lipinski definition) is 4. The summed E-state index contributed by atoms with van der Waals surface area (Å²) in [7, 11) is 0. The van der Waals surface area contributed by atoms with E-state index in [1.54, 1.807) is 16.8 Å². The summed E-state index contributed by atoms with van der Waals surface area (Å²) in [6.07, 6.45) is 1.18. The third kappa shape index (κ3) is 2.59. The van der Waals surface area contributed by atoms with Gasteiger partial charge in [-0.1, -0.05) is 0 Å². The van der Waals surface area contributed by atoms with Crippen LogP contribution in [0.25, 0.3) is 11.0 Å². The molecule has 0 radical (unpaired) electrons. The SMILES string of the molecule is CC(C)n1c(=O)ccc2cnc(NC3CC(F)(F)C3)nc21. The largest absolute Gasteiger partial charge is 0.351 e. The van der Waals surface area contributed by atoms with Crippen LogP contribution in [0.15, 0.2) is 23.1 Å². The van der Waals surface area contributed by atoms with E-state index in [2.05, 4.69) is 15.3 Å². The smallest absolute Gasteiger partial charge is 0.252 e. The molecule has 0 aliphatic heterocycles. The van der Waals surface area contributed by atoms with Gasteiger partial charge in [-0.3, -0.25) is 9.36 Å². The van der Waals surface area contributed by atoms with Gasteiger partial charge in [0.25, 0.3) is 11.5 Å². The fourth-order valence-corrected chi connectivity index (χ4v) is 2.55. The first kappa shape index (κ1) is 13.9. The molecule has 5 nitrogen and oxygen atoms in total. The number of nitrogens with one attached hydrogen (secondary N) is 1. The lowest BCUT2D eigenvalue weighted by Gasteiger charge is -2.35. The fraction of sp³-hybridized carbons (Fsp3) is 0.500. The molecule has 0 bridgehead atoms. The molecule has 1 aliphatic rings. The zero-order chi connectivity index (χ0) is 15.2. The van der Waals surface area contributed by atoms with Crippen LogP contribution in [-0.2, 0) is 0 Å². The van der Waals surface area contributed by atoms with E-state index in [0.717, 1.165) is 5.39 Å². The van der Waals surface area contributed by atoms with E-state index in [4.69, 9.17) is 0 Å². The maximum Gasteiger partial charge on any atom is 0.252 e. The van der Waals surface area contributed by atoms with Gasteiger partial charge in [-0.15, -0.1) is 0 Å². The van der Waals surface area contributed by atoms with E-state index in [-0.39, 0.29) is 36.4 Å². The van der Waals surface area contributed by atoms with E-state index in [1.807, 2.05) is 13.8 Å². The monoisotopic (exact) mass is 294 g/mol. The molecule has 1 aliphatic carbocycles. The minimum atomic E-state index is -2.59. The van der Waals surface area contributed by atoms with Crippen molar-refractivity contribution in [1.82, 2.24) is 14.5 Å². The number of alkyl halides is 2. The van der Waals surface area contributed by atoms with Gasteiger partial charge >= 0.3 is 0 Å². The Morgan fingerprint density at radius 2 is 2.10 bits per heavy atom. The number of pyridine rings is 1. The van der Waals surface area contributed by atoms with Crippen molar-refractivity contribution in [3.8, 4) is 0 Å². The Kier molecular flexibility index (Phi) is 3.15. The molecule has 21 heavy (non-hydrogen) atoms. The highest BCUT2D eigenvalue weighted by atomic mass is 19.3. The summed E-state index contributed by atoms with van der Waals surface area (Å²) in [4.78, 5) is 20.4. The summed E-state index contributed by atoms with van der Waals surface area (Å²) in [5.74, 6) is -2.31. The lowest BCUT2D eigenvalue weighted by molar-refractivity contribution is -0.0794. The van der Waals surface area contributed by atoms with E-state index < -0.39 is 5.92 Å². The fourth-order valence-electron chi connectivity index (χ4n) is 2.55. The van der Waals surface area contributed by atoms with Crippen molar-refractivity contribution < 1.29 is 8.78 Å². The summed E-state index contributed by atoms with van der Waals surface area (Å²) < 4.78 is 27.2. The average Bonchev–Trinajstić information content (AvgIpc) is 2.35. The number of anilines is 1. The predicted molar refractivity (Wildman–Crippen MR) is 75.8 cm³/mol. The maximum absolute atomic E-state index is 12.8. The molecule has 0 aromatic carbocycles. The highest BCUT2D eigenvalue weighted by Gasteiger charge is 2.45. The molecule has 0 spiro atoms. The van der Waals surface area contributed by atoms with Crippen LogP contribution in [0.3, 0.4) is 0 Å². The van der Waals surface area contributed by atoms with Gasteiger partial charge < -0.3 is 5.32 Å². The van der Waals surface area contributed by atoms with Crippen LogP contribution in [-0.4, -0.2) is 26.5 Å². The zero-order valence-corrected chi connectivity index (χ0v) is 11.8. The van der Waals surface area contributed by atoms with Crippen molar-refractivity contribution in [3.63, 3.8) is 0 Å². The van der Waals surface area contributed by atoms with E-state index in [9.17, 15) is 13.6 Å². The van der Waals surface area contributed by atoms with Crippen molar-refractivity contribution >= 4 is 17.0 Å². The molecular weight excluding hydrogens is 278 g/mol. The molecule has 0 saturated heterocycles. The van der Waals surface area contributed by atoms with E-state index >= 15 is 0 Å². The van der Waals surface area contributed by atoms with Crippen LogP contribution in [0, 0.1) is 0 Å². The minimum absolute atomic E-state index is 0.0445. The summed E-state index contributed by atoms with van der Waals surface area (Å²) in [5.41, 5.74) is 0.374. The molecule has 2 heterocycles. The van der Waals surface area contributed by atoms with Crippen LogP contribution < -0.4 is 10.9 Å². The Bertz CT molecular complexity index is 733. The molecule has 112 valence electrons. The molecular formula is C14H16F2N4O. The third-order valence-electron chi connectivity index (χ3n) is 3.61. The Morgan fingerprint density at radius 1 is 1.38 bits per heavy atom. The normalized spacial score (nSPS) is 18.0. The number of hydrogen-bond donors (Lipinski definition) is 1. The summed E-state index contributed by atoms with van der Waals surface area (Å²) >= 11 is 0. The Labute approximate surface area is 120 Å². The van der Waals surface area contributed by atoms with Crippen molar-refractivity contribution in [3.05, 3.63) is 28.7 Å². The second kappa shape index (κ2) is 4.75. The first-order valence-corrected chi connectivity index (χ1v) is 6.88. The number of nitrogens with zero attached hydrogens (tertiary/aromatic N) is 3. The predicted octanol–water partition coefficient (Wildman–Crippen LogP) is 2.58. The van der Waals surface area contributed by atoms with Gasteiger partial charge in [0, 0.05) is 42.6 Å². The first-order valence-electron chi connectivity index (χ1n) is 6.88. The maximum atomic E-state index is 12.8. The number of rotatable bonds is 3. The summed E-state index contributed by atoms with van der Waals surface area (Å²) in [6, 6.07) is 2.78. The molecule has 2 aromatic heterocycles. The van der Waals surface area contributed by atoms with Gasteiger partial charge in [0.05, 0.1) is 0 Å². The third-order valence-corrected chi connectivity index (χ3v) is 3.61. The van der Waals surface area contributed by atoms with E-state index in [0.29, 0.717) is 5.65 Å². The van der Waals surface area contributed by atoms with Gasteiger partial charge in [0.15, 0.2) is 0 Å². The van der Waals surface area contributed by atoms with E-state index in [1.165, 1.54) is 6.07 Å². The van der Waals surface area contributed by atoms with Crippen LogP contribution in [0.5, 0.6) is 0 Å². The van der Waals surface area contributed by atoms with Crippen LogP contribution in [0.1, 0.15) is 32.7 Å². The number of aromatic nitrogens is 3. The van der Waals surface area contributed by atoms with Crippen molar-refractivity contribution in [2.24, 2.45) is 0 Å².